The standard InChI is InChI=1S/C22H19F3N2O3/c23-22(24,25)15-30-18-9-10-20(29-14-16-6-2-1-3-7-16)19(12-18)21(28)27-13-17-8-4-5-11-26-17/h1-12H,13-15H2,(H,27,28). The van der Waals surface area contributed by atoms with Crippen molar-refractivity contribution in [2.75, 3.05) is 6.61 Å². The molecule has 1 heterocycles. The van der Waals surface area contributed by atoms with Crippen molar-refractivity contribution in [1.29, 1.82) is 0 Å². The summed E-state index contributed by atoms with van der Waals surface area (Å²) in [5.74, 6) is -0.361. The van der Waals surface area contributed by atoms with Gasteiger partial charge >= 0.3 is 6.18 Å². The minimum absolute atomic E-state index is 0.0709. The monoisotopic (exact) mass is 416 g/mol. The molecule has 0 aliphatic carbocycles. The van der Waals surface area contributed by atoms with E-state index in [4.69, 9.17) is 9.47 Å². The van der Waals surface area contributed by atoms with Crippen LogP contribution in [-0.2, 0) is 13.2 Å². The van der Waals surface area contributed by atoms with E-state index in [-0.39, 0.29) is 30.2 Å². The van der Waals surface area contributed by atoms with Crippen molar-refractivity contribution in [3.63, 3.8) is 0 Å². The largest absolute Gasteiger partial charge is 0.488 e. The van der Waals surface area contributed by atoms with E-state index in [1.807, 2.05) is 30.3 Å². The minimum atomic E-state index is -4.48. The molecule has 0 saturated heterocycles. The van der Waals surface area contributed by atoms with Crippen LogP contribution in [-0.4, -0.2) is 23.7 Å². The number of rotatable bonds is 8. The summed E-state index contributed by atoms with van der Waals surface area (Å²) in [6.45, 7) is -1.10. The summed E-state index contributed by atoms with van der Waals surface area (Å²) in [6, 6.07) is 18.6. The summed E-state index contributed by atoms with van der Waals surface area (Å²) in [7, 11) is 0. The number of alkyl halides is 3. The molecular weight excluding hydrogens is 397 g/mol. The number of benzene rings is 2. The SMILES string of the molecule is O=C(NCc1ccccn1)c1cc(OCC(F)(F)F)ccc1OCc1ccccc1. The highest BCUT2D eigenvalue weighted by Crippen LogP contribution is 2.27. The van der Waals surface area contributed by atoms with Crippen LogP contribution < -0.4 is 14.8 Å². The molecular formula is C22H19F3N2O3. The smallest absolute Gasteiger partial charge is 0.422 e. The molecule has 0 radical (unpaired) electrons. The Balaban J connectivity index is 1.76. The first-order valence-electron chi connectivity index (χ1n) is 9.09. The molecule has 8 heteroatoms. The van der Waals surface area contributed by atoms with Crippen LogP contribution in [0.25, 0.3) is 0 Å². The number of pyridine rings is 1. The van der Waals surface area contributed by atoms with Gasteiger partial charge in [-0.3, -0.25) is 9.78 Å². The van der Waals surface area contributed by atoms with E-state index in [0.717, 1.165) is 5.56 Å². The number of carbonyl (C=O) groups is 1. The van der Waals surface area contributed by atoms with Gasteiger partial charge in [0.05, 0.1) is 17.8 Å². The lowest BCUT2D eigenvalue weighted by molar-refractivity contribution is -0.153. The Morgan fingerprint density at radius 3 is 2.43 bits per heavy atom. The first-order chi connectivity index (χ1) is 14.4. The highest BCUT2D eigenvalue weighted by Gasteiger charge is 2.28. The second-order valence-electron chi connectivity index (χ2n) is 6.34. The highest BCUT2D eigenvalue weighted by atomic mass is 19.4. The number of nitrogens with zero attached hydrogens (tertiary/aromatic N) is 1. The molecule has 0 spiro atoms. The molecule has 0 bridgehead atoms. The van der Waals surface area contributed by atoms with Gasteiger partial charge < -0.3 is 14.8 Å². The lowest BCUT2D eigenvalue weighted by Crippen LogP contribution is -2.24. The van der Waals surface area contributed by atoms with Crippen LogP contribution in [0.2, 0.25) is 0 Å². The maximum Gasteiger partial charge on any atom is 0.422 e. The number of ether oxygens (including phenoxy) is 2. The van der Waals surface area contributed by atoms with Crippen LogP contribution in [0.1, 0.15) is 21.6 Å². The lowest BCUT2D eigenvalue weighted by atomic mass is 10.1. The molecule has 0 atom stereocenters. The Morgan fingerprint density at radius 2 is 1.73 bits per heavy atom. The summed E-state index contributed by atoms with van der Waals surface area (Å²) < 4.78 is 47.9. The predicted octanol–water partition coefficient (Wildman–Crippen LogP) is 4.53. The maximum atomic E-state index is 12.7. The lowest BCUT2D eigenvalue weighted by Gasteiger charge is -2.15. The maximum absolute atomic E-state index is 12.7. The molecule has 3 rings (SSSR count). The molecule has 0 aliphatic rings. The van der Waals surface area contributed by atoms with Gasteiger partial charge in [-0.15, -0.1) is 0 Å². The zero-order valence-corrected chi connectivity index (χ0v) is 15.9. The number of hydrogen-bond donors (Lipinski definition) is 1. The Hall–Kier alpha value is -3.55. The van der Waals surface area contributed by atoms with Crippen LogP contribution in [0.3, 0.4) is 0 Å². The fourth-order valence-electron chi connectivity index (χ4n) is 2.57. The second-order valence-corrected chi connectivity index (χ2v) is 6.34. The zero-order valence-electron chi connectivity index (χ0n) is 15.9. The molecule has 1 amide bonds. The van der Waals surface area contributed by atoms with Gasteiger partial charge in [0, 0.05) is 6.20 Å². The minimum Gasteiger partial charge on any atom is -0.488 e. The van der Waals surface area contributed by atoms with Crippen molar-refractivity contribution in [2.24, 2.45) is 0 Å². The van der Waals surface area contributed by atoms with Crippen LogP contribution >= 0.6 is 0 Å². The van der Waals surface area contributed by atoms with Crippen LogP contribution in [0.5, 0.6) is 11.5 Å². The average Bonchev–Trinajstić information content (AvgIpc) is 2.76. The van der Waals surface area contributed by atoms with Crippen molar-refractivity contribution < 1.29 is 27.4 Å². The van der Waals surface area contributed by atoms with E-state index >= 15 is 0 Å². The fraction of sp³-hybridized carbons (Fsp3) is 0.182. The summed E-state index contributed by atoms with van der Waals surface area (Å²) in [5, 5.41) is 2.69. The molecule has 0 saturated carbocycles. The summed E-state index contributed by atoms with van der Waals surface area (Å²) in [6.07, 6.45) is -2.88. The van der Waals surface area contributed by atoms with Gasteiger partial charge in [0.25, 0.3) is 5.91 Å². The van der Waals surface area contributed by atoms with E-state index in [2.05, 4.69) is 10.3 Å². The summed E-state index contributed by atoms with van der Waals surface area (Å²) in [5.41, 5.74) is 1.60. The Kier molecular flexibility index (Phi) is 6.90. The zero-order chi connectivity index (χ0) is 21.4. The van der Waals surface area contributed by atoms with Gasteiger partial charge in [0.1, 0.15) is 18.1 Å². The van der Waals surface area contributed by atoms with Gasteiger partial charge in [-0.2, -0.15) is 13.2 Å². The van der Waals surface area contributed by atoms with Gasteiger partial charge in [-0.25, -0.2) is 0 Å². The molecule has 156 valence electrons. The third-order valence-corrected chi connectivity index (χ3v) is 3.99. The van der Waals surface area contributed by atoms with E-state index in [9.17, 15) is 18.0 Å². The number of halogens is 3. The summed E-state index contributed by atoms with van der Waals surface area (Å²) >= 11 is 0. The normalized spacial score (nSPS) is 11.0. The van der Waals surface area contributed by atoms with Crippen molar-refractivity contribution in [3.8, 4) is 11.5 Å². The van der Waals surface area contributed by atoms with E-state index in [1.165, 1.54) is 18.2 Å². The van der Waals surface area contributed by atoms with E-state index in [1.54, 1.807) is 24.4 Å². The van der Waals surface area contributed by atoms with Crippen LogP contribution in [0.15, 0.2) is 72.9 Å². The Bertz CT molecular complexity index is 964. The topological polar surface area (TPSA) is 60.5 Å². The number of hydrogen-bond acceptors (Lipinski definition) is 4. The average molecular weight is 416 g/mol. The van der Waals surface area contributed by atoms with Crippen molar-refractivity contribution in [2.45, 2.75) is 19.3 Å². The van der Waals surface area contributed by atoms with Gasteiger partial charge in [-0.1, -0.05) is 36.4 Å². The van der Waals surface area contributed by atoms with E-state index in [0.29, 0.717) is 5.69 Å². The van der Waals surface area contributed by atoms with Crippen molar-refractivity contribution in [3.05, 3.63) is 89.7 Å². The van der Waals surface area contributed by atoms with Gasteiger partial charge in [0.2, 0.25) is 0 Å². The third kappa shape index (κ3) is 6.51. The molecule has 1 aromatic heterocycles. The third-order valence-electron chi connectivity index (χ3n) is 3.99. The van der Waals surface area contributed by atoms with Crippen molar-refractivity contribution >= 4 is 5.91 Å². The molecule has 3 aromatic rings. The van der Waals surface area contributed by atoms with Crippen LogP contribution in [0, 0.1) is 0 Å². The predicted molar refractivity (Wildman–Crippen MR) is 104 cm³/mol. The summed E-state index contributed by atoms with van der Waals surface area (Å²) in [4.78, 5) is 16.8. The van der Waals surface area contributed by atoms with E-state index < -0.39 is 18.7 Å². The Morgan fingerprint density at radius 1 is 0.967 bits per heavy atom. The molecule has 5 nitrogen and oxygen atoms in total. The fourth-order valence-corrected chi connectivity index (χ4v) is 2.57. The molecule has 30 heavy (non-hydrogen) atoms. The quantitative estimate of drug-likeness (QED) is 0.586. The number of aromatic nitrogens is 1. The van der Waals surface area contributed by atoms with Crippen LogP contribution in [0.4, 0.5) is 13.2 Å². The molecule has 0 aliphatic heterocycles. The Labute approximate surface area is 171 Å². The number of nitrogens with one attached hydrogen (secondary N) is 1. The first-order valence-corrected chi connectivity index (χ1v) is 9.09. The number of carbonyl (C=O) groups excluding carboxylic acids is 1. The highest BCUT2D eigenvalue weighted by molar-refractivity contribution is 5.97. The van der Waals surface area contributed by atoms with Gasteiger partial charge in [-0.05, 0) is 35.9 Å². The van der Waals surface area contributed by atoms with Crippen molar-refractivity contribution in [1.82, 2.24) is 10.3 Å². The number of amides is 1. The molecule has 0 fully saturated rings. The molecule has 1 N–H and O–H groups in total. The first kappa shape index (κ1) is 21.2. The molecule has 0 unspecified atom stereocenters. The van der Waals surface area contributed by atoms with Gasteiger partial charge in [0.15, 0.2) is 6.61 Å². The second kappa shape index (κ2) is 9.78. The molecule has 2 aromatic carbocycles.